The Morgan fingerprint density at radius 3 is 1.45 bits per heavy atom. The zero-order valence-corrected chi connectivity index (χ0v) is 20.2. The molecule has 0 fully saturated rings. The van der Waals surface area contributed by atoms with Crippen molar-refractivity contribution in [3.05, 3.63) is 126 Å². The van der Waals surface area contributed by atoms with Crippen LogP contribution in [-0.2, 0) is 12.6 Å². The molecular weight excluding hydrogens is 463 g/mol. The summed E-state index contributed by atoms with van der Waals surface area (Å²) in [5.41, 5.74) is 2.53. The average Bonchev–Trinajstić information content (AvgIpc) is 2.80. The van der Waals surface area contributed by atoms with Crippen molar-refractivity contribution < 1.29 is 22.1 Å². The van der Waals surface area contributed by atoms with Crippen molar-refractivity contribution >= 4 is 23.2 Å². The minimum atomic E-state index is -1.89. The number of benzene rings is 4. The Bertz CT molecular complexity index is 1010. The summed E-state index contributed by atoms with van der Waals surface area (Å²) in [5, 5.41) is 13.9. The van der Waals surface area contributed by atoms with Gasteiger partial charge < -0.3 is 22.1 Å². The Labute approximate surface area is 196 Å². The fourth-order valence-electron chi connectivity index (χ4n) is 4.17. The van der Waals surface area contributed by atoms with Crippen LogP contribution in [0.5, 0.6) is 0 Å². The molecule has 0 aliphatic rings. The largest absolute Gasteiger partial charge is 1.00 e. The van der Waals surface area contributed by atoms with Crippen LogP contribution in [0.2, 0.25) is 0 Å². The van der Waals surface area contributed by atoms with Crippen LogP contribution in [0.4, 0.5) is 0 Å². The number of aliphatic hydroxyl groups is 1. The van der Waals surface area contributed by atoms with E-state index in [4.69, 9.17) is 0 Å². The molecule has 158 valence electrons. The molecule has 0 aliphatic heterocycles. The van der Waals surface area contributed by atoms with Gasteiger partial charge in [0.25, 0.3) is 0 Å². The van der Waals surface area contributed by atoms with Crippen LogP contribution in [0.3, 0.4) is 0 Å². The minimum absolute atomic E-state index is 0. The van der Waals surface area contributed by atoms with E-state index in [0.717, 1.165) is 6.16 Å². The number of hydrogen-bond donors (Lipinski definition) is 1. The zero-order chi connectivity index (χ0) is 20.8. The van der Waals surface area contributed by atoms with Gasteiger partial charge >= 0.3 is 0 Å². The monoisotopic (exact) mass is 490 g/mol. The van der Waals surface area contributed by atoms with Crippen LogP contribution in [0, 0.1) is 0 Å². The van der Waals surface area contributed by atoms with E-state index in [2.05, 4.69) is 115 Å². The van der Waals surface area contributed by atoms with E-state index < -0.39 is 7.26 Å². The van der Waals surface area contributed by atoms with Crippen LogP contribution in [0.1, 0.15) is 18.1 Å². The molecular formula is C28H28BrOP. The molecule has 0 radical (unpaired) electrons. The molecule has 3 heteroatoms. The van der Waals surface area contributed by atoms with Gasteiger partial charge in [0.2, 0.25) is 0 Å². The number of halogens is 1. The maximum Gasteiger partial charge on any atom is 0.116 e. The normalized spacial score (nSPS) is 12.1. The first-order valence-corrected chi connectivity index (χ1v) is 12.5. The molecule has 0 amide bonds. The van der Waals surface area contributed by atoms with E-state index >= 15 is 0 Å². The van der Waals surface area contributed by atoms with E-state index in [9.17, 15) is 5.11 Å². The fraction of sp³-hybridized carbons (Fsp3) is 0.143. The van der Waals surface area contributed by atoms with Crippen LogP contribution >= 0.6 is 7.26 Å². The molecule has 0 heterocycles. The lowest BCUT2D eigenvalue weighted by molar-refractivity contribution is -0.00000837. The second-order valence-corrected chi connectivity index (χ2v) is 11.3. The Balaban J connectivity index is 0.00000272. The molecule has 0 aromatic heterocycles. The van der Waals surface area contributed by atoms with Gasteiger partial charge in [-0.2, -0.15) is 0 Å². The second kappa shape index (κ2) is 10.9. The molecule has 4 aromatic carbocycles. The predicted molar refractivity (Wildman–Crippen MR) is 131 cm³/mol. The van der Waals surface area contributed by atoms with Crippen molar-refractivity contribution in [2.24, 2.45) is 0 Å². The predicted octanol–water partition coefficient (Wildman–Crippen LogP) is 2.11. The molecule has 1 atom stereocenters. The van der Waals surface area contributed by atoms with E-state index in [-0.39, 0.29) is 23.1 Å². The van der Waals surface area contributed by atoms with Crippen molar-refractivity contribution in [3.8, 4) is 0 Å². The van der Waals surface area contributed by atoms with Gasteiger partial charge in [-0.1, -0.05) is 78.9 Å². The molecule has 1 nitrogen and oxygen atoms in total. The molecule has 0 bridgehead atoms. The Morgan fingerprint density at radius 1 is 0.581 bits per heavy atom. The molecule has 0 aliphatic carbocycles. The van der Waals surface area contributed by atoms with Crippen molar-refractivity contribution in [2.75, 3.05) is 0 Å². The Kier molecular flexibility index (Phi) is 8.21. The molecule has 0 saturated heterocycles. The van der Waals surface area contributed by atoms with Gasteiger partial charge in [0, 0.05) is 0 Å². The van der Waals surface area contributed by atoms with Crippen LogP contribution < -0.4 is 32.9 Å². The lowest BCUT2D eigenvalue weighted by atomic mass is 10.1. The summed E-state index contributed by atoms with van der Waals surface area (Å²) in [7, 11) is -1.89. The highest BCUT2D eigenvalue weighted by Gasteiger charge is 2.45. The average molecular weight is 491 g/mol. The first kappa shape index (κ1) is 23.4. The number of hydrogen-bond acceptors (Lipinski definition) is 1. The highest BCUT2D eigenvalue weighted by atomic mass is 79.9. The zero-order valence-electron chi connectivity index (χ0n) is 17.7. The summed E-state index contributed by atoms with van der Waals surface area (Å²) in [6.07, 6.45) is 1.33. The SMILES string of the molecule is CC(O)Cc1ccc([P+](Cc2ccccc2)(c2ccccc2)c2ccccc2)cc1.[Br-]. The van der Waals surface area contributed by atoms with Gasteiger partial charge in [0.05, 0.1) is 12.3 Å². The lowest BCUT2D eigenvalue weighted by Gasteiger charge is -2.28. The maximum atomic E-state index is 9.79. The van der Waals surface area contributed by atoms with Crippen LogP contribution in [0.25, 0.3) is 0 Å². The van der Waals surface area contributed by atoms with E-state index in [1.165, 1.54) is 27.0 Å². The summed E-state index contributed by atoms with van der Waals surface area (Å²) in [6.45, 7) is 1.84. The van der Waals surface area contributed by atoms with Gasteiger partial charge in [-0.05, 0) is 60.9 Å². The highest BCUT2D eigenvalue weighted by molar-refractivity contribution is 7.95. The number of rotatable bonds is 7. The van der Waals surface area contributed by atoms with Gasteiger partial charge in [0.15, 0.2) is 0 Å². The van der Waals surface area contributed by atoms with E-state index in [1.54, 1.807) is 0 Å². The maximum absolute atomic E-state index is 9.79. The second-order valence-electron chi connectivity index (χ2n) is 7.84. The fourth-order valence-corrected chi connectivity index (χ4v) is 8.39. The summed E-state index contributed by atoms with van der Waals surface area (Å²) in [5.74, 6) is 0. The van der Waals surface area contributed by atoms with Gasteiger partial charge in [0.1, 0.15) is 23.2 Å². The molecule has 0 saturated carbocycles. The van der Waals surface area contributed by atoms with E-state index in [0.29, 0.717) is 6.42 Å². The molecule has 4 aromatic rings. The van der Waals surface area contributed by atoms with Crippen molar-refractivity contribution in [2.45, 2.75) is 25.6 Å². The molecule has 1 unspecified atom stereocenters. The third-order valence-corrected chi connectivity index (χ3v) is 9.94. The number of aliphatic hydroxyl groups excluding tert-OH is 1. The Hall–Kier alpha value is -2.25. The molecule has 0 spiro atoms. The summed E-state index contributed by atoms with van der Waals surface area (Å²) in [4.78, 5) is 0. The lowest BCUT2D eigenvalue weighted by Crippen LogP contribution is -3.00. The molecule has 4 rings (SSSR count). The summed E-state index contributed by atoms with van der Waals surface area (Å²) in [6, 6.07) is 41.7. The summed E-state index contributed by atoms with van der Waals surface area (Å²) >= 11 is 0. The van der Waals surface area contributed by atoms with Crippen molar-refractivity contribution in [1.29, 1.82) is 0 Å². The van der Waals surface area contributed by atoms with Crippen molar-refractivity contribution in [3.63, 3.8) is 0 Å². The first-order valence-electron chi connectivity index (χ1n) is 10.5. The quantitative estimate of drug-likeness (QED) is 0.393. The van der Waals surface area contributed by atoms with Crippen LogP contribution in [-0.4, -0.2) is 11.2 Å². The first-order chi connectivity index (χ1) is 14.7. The summed E-state index contributed by atoms with van der Waals surface area (Å²) < 4.78 is 0. The smallest absolute Gasteiger partial charge is 0.116 e. The van der Waals surface area contributed by atoms with Gasteiger partial charge in [-0.25, -0.2) is 0 Å². The third-order valence-electron chi connectivity index (χ3n) is 5.56. The highest BCUT2D eigenvalue weighted by Crippen LogP contribution is 2.58. The molecule has 1 N–H and O–H groups in total. The minimum Gasteiger partial charge on any atom is -1.00 e. The standard InChI is InChI=1S/C28H28OP.BrH/c1-23(29)21-24-17-19-28(20-18-24)30(26-13-7-3-8-14-26,27-15-9-4-10-16-27)22-25-11-5-2-6-12-25;/h2-20,23,29H,21-22H2,1H3;1H/q+1;/p-1. The Morgan fingerprint density at radius 2 is 1.00 bits per heavy atom. The third kappa shape index (κ3) is 5.33. The van der Waals surface area contributed by atoms with Gasteiger partial charge in [-0.15, -0.1) is 0 Å². The van der Waals surface area contributed by atoms with Crippen LogP contribution in [0.15, 0.2) is 115 Å². The van der Waals surface area contributed by atoms with Crippen molar-refractivity contribution in [1.82, 2.24) is 0 Å². The molecule has 31 heavy (non-hydrogen) atoms. The van der Waals surface area contributed by atoms with E-state index in [1.807, 2.05) is 6.92 Å². The van der Waals surface area contributed by atoms with Gasteiger partial charge in [-0.3, -0.25) is 0 Å². The topological polar surface area (TPSA) is 20.2 Å².